The third kappa shape index (κ3) is 1.42. The number of hydrogen-bond acceptors (Lipinski definition) is 0. The van der Waals surface area contributed by atoms with E-state index in [9.17, 15) is 0 Å². The molecule has 0 saturated heterocycles. The molecule has 0 aromatic carbocycles. The van der Waals surface area contributed by atoms with Gasteiger partial charge >= 0.3 is 0 Å². The molecule has 0 aliphatic heterocycles. The van der Waals surface area contributed by atoms with Gasteiger partial charge < -0.3 is 0 Å². The fourth-order valence-corrected chi connectivity index (χ4v) is 1.63. The molecule has 0 spiro atoms. The first-order chi connectivity index (χ1) is 5.70. The van der Waals surface area contributed by atoms with E-state index in [1.807, 2.05) is 12.2 Å². The van der Waals surface area contributed by atoms with Gasteiger partial charge in [0.05, 0.1) is 0 Å². The van der Waals surface area contributed by atoms with Crippen molar-refractivity contribution in [2.24, 2.45) is 5.92 Å². The first kappa shape index (κ1) is 9.05. The number of hydrogen-bond donors (Lipinski definition) is 0. The lowest BCUT2D eigenvalue weighted by Crippen LogP contribution is -2.08. The van der Waals surface area contributed by atoms with E-state index in [1.165, 1.54) is 23.1 Å². The van der Waals surface area contributed by atoms with Gasteiger partial charge in [-0.2, -0.15) is 0 Å². The maximum atomic E-state index is 4.07. The summed E-state index contributed by atoms with van der Waals surface area (Å²) in [5.41, 5.74) is 3.73. The van der Waals surface area contributed by atoms with Crippen LogP contribution in [0.2, 0.25) is 0 Å². The molecule has 12 heavy (non-hydrogen) atoms. The Labute approximate surface area is 75.0 Å². The van der Waals surface area contributed by atoms with Crippen molar-refractivity contribution in [1.29, 1.82) is 0 Å². The van der Waals surface area contributed by atoms with E-state index in [2.05, 4.69) is 26.7 Å². The minimum absolute atomic E-state index is 0.599. The van der Waals surface area contributed by atoms with Crippen molar-refractivity contribution in [3.8, 4) is 0 Å². The lowest BCUT2D eigenvalue weighted by atomic mass is 9.81. The van der Waals surface area contributed by atoms with Gasteiger partial charge in [0, 0.05) is 0 Å². The Kier molecular flexibility index (Phi) is 2.69. The summed E-state index contributed by atoms with van der Waals surface area (Å²) in [4.78, 5) is 0. The van der Waals surface area contributed by atoms with Gasteiger partial charge in [-0.1, -0.05) is 38.8 Å². The molecule has 64 valence electrons. The highest BCUT2D eigenvalue weighted by molar-refractivity contribution is 5.47. The summed E-state index contributed by atoms with van der Waals surface area (Å²) in [6, 6.07) is 0. The summed E-state index contributed by atoms with van der Waals surface area (Å²) in [7, 11) is 0. The van der Waals surface area contributed by atoms with Crippen LogP contribution in [-0.4, -0.2) is 0 Å². The highest BCUT2D eigenvalue weighted by atomic mass is 14.2. The zero-order valence-electron chi connectivity index (χ0n) is 7.77. The predicted octanol–water partition coefficient (Wildman–Crippen LogP) is 3.64. The lowest BCUT2D eigenvalue weighted by Gasteiger charge is -2.24. The second-order valence-electron chi connectivity index (χ2n) is 3.31. The van der Waals surface area contributed by atoms with Crippen LogP contribution in [0.4, 0.5) is 0 Å². The Morgan fingerprint density at radius 2 is 2.00 bits per heavy atom. The Balaban J connectivity index is 3.07. The van der Waals surface area contributed by atoms with Crippen molar-refractivity contribution in [3.05, 3.63) is 48.6 Å². The number of rotatable bonds is 2. The van der Waals surface area contributed by atoms with Gasteiger partial charge in [-0.3, -0.25) is 0 Å². The van der Waals surface area contributed by atoms with E-state index in [-0.39, 0.29) is 0 Å². The molecule has 1 aliphatic rings. The van der Waals surface area contributed by atoms with Crippen molar-refractivity contribution in [2.75, 3.05) is 0 Å². The molecule has 0 aromatic rings. The normalized spacial score (nSPS) is 24.1. The maximum absolute atomic E-state index is 4.07. The van der Waals surface area contributed by atoms with Crippen LogP contribution >= 0.6 is 0 Å². The van der Waals surface area contributed by atoms with Crippen molar-refractivity contribution in [1.82, 2.24) is 0 Å². The average molecular weight is 160 g/mol. The third-order valence-corrected chi connectivity index (χ3v) is 2.58. The molecule has 1 rings (SSSR count). The molecule has 0 heterocycles. The zero-order valence-corrected chi connectivity index (χ0v) is 7.77. The Morgan fingerprint density at radius 1 is 1.33 bits per heavy atom. The van der Waals surface area contributed by atoms with Gasteiger partial charge in [0.1, 0.15) is 0 Å². The van der Waals surface area contributed by atoms with E-state index >= 15 is 0 Å². The minimum Gasteiger partial charge on any atom is -0.0988 e. The molecule has 0 saturated carbocycles. The van der Waals surface area contributed by atoms with Crippen LogP contribution in [0, 0.1) is 5.92 Å². The minimum atomic E-state index is 0.599. The Bertz CT molecular complexity index is 253. The van der Waals surface area contributed by atoms with E-state index in [1.54, 1.807) is 0 Å². The molecule has 1 unspecified atom stereocenters. The smallest absolute Gasteiger partial charge is 0.0187 e. The SMILES string of the molecule is C=CC1=C(C=C)C(=C)C(C)CC1. The highest BCUT2D eigenvalue weighted by Crippen LogP contribution is 2.33. The quantitative estimate of drug-likeness (QED) is 0.578. The molecule has 0 nitrogen and oxygen atoms in total. The van der Waals surface area contributed by atoms with Crippen molar-refractivity contribution in [2.45, 2.75) is 19.8 Å². The van der Waals surface area contributed by atoms with Gasteiger partial charge in [0.25, 0.3) is 0 Å². The average Bonchev–Trinajstić information content (AvgIpc) is 2.09. The van der Waals surface area contributed by atoms with Crippen LogP contribution < -0.4 is 0 Å². The second-order valence-corrected chi connectivity index (χ2v) is 3.31. The van der Waals surface area contributed by atoms with Gasteiger partial charge in [0.2, 0.25) is 0 Å². The van der Waals surface area contributed by atoms with Gasteiger partial charge in [-0.05, 0) is 35.5 Å². The predicted molar refractivity (Wildman–Crippen MR) is 55.0 cm³/mol. The highest BCUT2D eigenvalue weighted by Gasteiger charge is 2.17. The second kappa shape index (κ2) is 3.57. The fourth-order valence-electron chi connectivity index (χ4n) is 1.63. The van der Waals surface area contributed by atoms with E-state index in [0.717, 1.165) is 6.42 Å². The molecule has 0 radical (unpaired) electrons. The van der Waals surface area contributed by atoms with Crippen molar-refractivity contribution >= 4 is 0 Å². The standard InChI is InChI=1S/C12H16/c1-5-11-8-7-9(3)10(4)12(11)6-2/h5-6,9H,1-2,4,7-8H2,3H3. The van der Waals surface area contributed by atoms with Crippen LogP contribution in [0.25, 0.3) is 0 Å². The van der Waals surface area contributed by atoms with Crippen LogP contribution in [0.5, 0.6) is 0 Å². The molecular weight excluding hydrogens is 144 g/mol. The molecular formula is C12H16. The molecule has 0 heteroatoms. The first-order valence-electron chi connectivity index (χ1n) is 4.38. The molecule has 0 fully saturated rings. The molecule has 1 aliphatic carbocycles. The van der Waals surface area contributed by atoms with Gasteiger partial charge in [-0.15, -0.1) is 0 Å². The summed E-state index contributed by atoms with van der Waals surface area (Å²) in [5, 5.41) is 0. The monoisotopic (exact) mass is 160 g/mol. The molecule has 0 N–H and O–H groups in total. The molecule has 0 amide bonds. The maximum Gasteiger partial charge on any atom is -0.0187 e. The summed E-state index contributed by atoms with van der Waals surface area (Å²) in [5.74, 6) is 0.599. The largest absolute Gasteiger partial charge is 0.0988 e. The van der Waals surface area contributed by atoms with Crippen LogP contribution in [-0.2, 0) is 0 Å². The summed E-state index contributed by atoms with van der Waals surface area (Å²) in [6.45, 7) is 13.9. The third-order valence-electron chi connectivity index (χ3n) is 2.58. The van der Waals surface area contributed by atoms with Crippen molar-refractivity contribution in [3.63, 3.8) is 0 Å². The topological polar surface area (TPSA) is 0 Å². The fraction of sp³-hybridized carbons (Fsp3) is 0.333. The van der Waals surface area contributed by atoms with Crippen LogP contribution in [0.3, 0.4) is 0 Å². The molecule has 0 aromatic heterocycles. The van der Waals surface area contributed by atoms with Gasteiger partial charge in [-0.25, -0.2) is 0 Å². The summed E-state index contributed by atoms with van der Waals surface area (Å²) in [6.07, 6.45) is 6.13. The zero-order chi connectivity index (χ0) is 9.14. The van der Waals surface area contributed by atoms with Crippen LogP contribution in [0.1, 0.15) is 19.8 Å². The van der Waals surface area contributed by atoms with E-state index in [0.29, 0.717) is 5.92 Å². The summed E-state index contributed by atoms with van der Waals surface area (Å²) < 4.78 is 0. The molecule has 1 atom stereocenters. The van der Waals surface area contributed by atoms with Gasteiger partial charge in [0.15, 0.2) is 0 Å². The van der Waals surface area contributed by atoms with E-state index < -0.39 is 0 Å². The van der Waals surface area contributed by atoms with E-state index in [4.69, 9.17) is 0 Å². The first-order valence-corrected chi connectivity index (χ1v) is 4.38. The van der Waals surface area contributed by atoms with Crippen molar-refractivity contribution < 1.29 is 0 Å². The number of allylic oxidation sites excluding steroid dienone is 5. The van der Waals surface area contributed by atoms with Crippen LogP contribution in [0.15, 0.2) is 48.6 Å². The molecule has 0 bridgehead atoms. The Morgan fingerprint density at radius 3 is 2.50 bits per heavy atom. The lowest BCUT2D eigenvalue weighted by molar-refractivity contribution is 0.601. The Hall–Kier alpha value is -1.04. The summed E-state index contributed by atoms with van der Waals surface area (Å²) >= 11 is 0.